The van der Waals surface area contributed by atoms with Gasteiger partial charge in [0.25, 0.3) is 5.91 Å². The van der Waals surface area contributed by atoms with Gasteiger partial charge in [-0.3, -0.25) is 4.79 Å². The summed E-state index contributed by atoms with van der Waals surface area (Å²) >= 11 is 1.55. The molecule has 2 N–H and O–H groups in total. The SMILES string of the molecule is C[NH+](C)Cc1ccc(CNC(=O)c2ccc(-c3nc4ccccc4s3)o2)cc1. The van der Waals surface area contributed by atoms with Crippen LogP contribution in [0.5, 0.6) is 0 Å². The lowest BCUT2D eigenvalue weighted by atomic mass is 10.1. The maximum Gasteiger partial charge on any atom is 0.287 e. The Hall–Kier alpha value is -2.96. The average Bonchev–Trinajstić information content (AvgIpc) is 3.33. The minimum atomic E-state index is -0.228. The van der Waals surface area contributed by atoms with Gasteiger partial charge in [0.05, 0.1) is 24.3 Å². The Bertz CT molecular complexity index is 1060. The van der Waals surface area contributed by atoms with E-state index >= 15 is 0 Å². The van der Waals surface area contributed by atoms with E-state index in [2.05, 4.69) is 36.5 Å². The number of thiazole rings is 1. The van der Waals surface area contributed by atoms with E-state index < -0.39 is 0 Å². The molecule has 5 nitrogen and oxygen atoms in total. The molecule has 0 aliphatic carbocycles. The number of amides is 1. The van der Waals surface area contributed by atoms with Crippen LogP contribution >= 0.6 is 11.3 Å². The molecular formula is C22H22N3O2S+. The van der Waals surface area contributed by atoms with Gasteiger partial charge in [-0.25, -0.2) is 4.98 Å². The number of carbonyl (C=O) groups excluding carboxylic acids is 1. The summed E-state index contributed by atoms with van der Waals surface area (Å²) in [6.07, 6.45) is 0. The predicted octanol–water partition coefficient (Wildman–Crippen LogP) is 3.13. The average molecular weight is 393 g/mol. The highest BCUT2D eigenvalue weighted by molar-refractivity contribution is 7.21. The van der Waals surface area contributed by atoms with Crippen LogP contribution in [0.4, 0.5) is 0 Å². The fourth-order valence-corrected chi connectivity index (χ4v) is 3.93. The van der Waals surface area contributed by atoms with Gasteiger partial charge in [-0.2, -0.15) is 0 Å². The van der Waals surface area contributed by atoms with Crippen molar-refractivity contribution in [3.63, 3.8) is 0 Å². The van der Waals surface area contributed by atoms with Crippen molar-refractivity contribution in [1.82, 2.24) is 10.3 Å². The van der Waals surface area contributed by atoms with Gasteiger partial charge in [0.1, 0.15) is 6.54 Å². The van der Waals surface area contributed by atoms with E-state index in [1.807, 2.05) is 36.4 Å². The topological polar surface area (TPSA) is 59.6 Å². The molecule has 0 spiro atoms. The van der Waals surface area contributed by atoms with Crippen molar-refractivity contribution in [3.8, 4) is 10.8 Å². The number of rotatable bonds is 6. The highest BCUT2D eigenvalue weighted by Crippen LogP contribution is 2.31. The van der Waals surface area contributed by atoms with Crippen molar-refractivity contribution < 1.29 is 14.1 Å². The number of nitrogens with zero attached hydrogens (tertiary/aromatic N) is 1. The van der Waals surface area contributed by atoms with Crippen LogP contribution in [-0.2, 0) is 13.1 Å². The Balaban J connectivity index is 1.40. The van der Waals surface area contributed by atoms with Gasteiger partial charge < -0.3 is 14.6 Å². The molecule has 0 fully saturated rings. The summed E-state index contributed by atoms with van der Waals surface area (Å²) in [7, 11) is 4.25. The standard InChI is InChI=1S/C22H21N3O2S/c1-25(2)14-16-9-7-15(8-10-16)13-23-21(26)18-11-12-19(27-18)22-24-17-5-3-4-6-20(17)28-22/h3-12H,13-14H2,1-2H3,(H,23,26)/p+1. The number of benzene rings is 2. The maximum absolute atomic E-state index is 12.4. The molecule has 0 bridgehead atoms. The predicted molar refractivity (Wildman–Crippen MR) is 111 cm³/mol. The van der Waals surface area contributed by atoms with E-state index in [1.54, 1.807) is 23.5 Å². The fourth-order valence-electron chi connectivity index (χ4n) is 3.01. The molecule has 142 valence electrons. The molecule has 2 aromatic carbocycles. The smallest absolute Gasteiger partial charge is 0.287 e. The molecule has 2 heterocycles. The van der Waals surface area contributed by atoms with Gasteiger partial charge in [0.2, 0.25) is 0 Å². The summed E-state index contributed by atoms with van der Waals surface area (Å²) in [5, 5.41) is 3.69. The van der Waals surface area contributed by atoms with Crippen LogP contribution in [-0.4, -0.2) is 25.0 Å². The molecule has 0 aliphatic rings. The van der Waals surface area contributed by atoms with Crippen molar-refractivity contribution in [3.05, 3.63) is 77.6 Å². The molecule has 4 aromatic rings. The number of hydrogen-bond acceptors (Lipinski definition) is 4. The van der Waals surface area contributed by atoms with E-state index in [9.17, 15) is 4.79 Å². The maximum atomic E-state index is 12.4. The Kier molecular flexibility index (Phi) is 5.23. The van der Waals surface area contributed by atoms with Crippen molar-refractivity contribution in [2.45, 2.75) is 13.1 Å². The number of nitrogens with one attached hydrogen (secondary N) is 2. The number of quaternary nitrogens is 1. The largest absolute Gasteiger partial charge is 0.448 e. The molecule has 1 amide bonds. The van der Waals surface area contributed by atoms with Crippen LogP contribution in [0.25, 0.3) is 21.0 Å². The highest BCUT2D eigenvalue weighted by atomic mass is 32.1. The second-order valence-corrected chi connectivity index (χ2v) is 8.06. The Morgan fingerprint density at radius 1 is 1.04 bits per heavy atom. The van der Waals surface area contributed by atoms with Crippen LogP contribution in [0.3, 0.4) is 0 Å². The number of para-hydroxylation sites is 1. The number of furan rings is 1. The van der Waals surface area contributed by atoms with E-state index in [-0.39, 0.29) is 5.91 Å². The second kappa shape index (κ2) is 7.96. The molecule has 2 aromatic heterocycles. The summed E-state index contributed by atoms with van der Waals surface area (Å²) in [4.78, 5) is 18.4. The number of hydrogen-bond donors (Lipinski definition) is 2. The van der Waals surface area contributed by atoms with E-state index in [0.717, 1.165) is 27.3 Å². The third-order valence-electron chi connectivity index (χ3n) is 4.37. The molecule has 0 radical (unpaired) electrons. The first kappa shape index (κ1) is 18.4. The van der Waals surface area contributed by atoms with Gasteiger partial charge in [-0.05, 0) is 29.8 Å². The third kappa shape index (κ3) is 4.13. The summed E-state index contributed by atoms with van der Waals surface area (Å²) in [5.41, 5.74) is 3.27. The van der Waals surface area contributed by atoms with Crippen LogP contribution in [0.15, 0.2) is 65.1 Å². The first-order chi connectivity index (χ1) is 13.6. The number of aromatic nitrogens is 1. The van der Waals surface area contributed by atoms with E-state index in [4.69, 9.17) is 4.42 Å². The molecule has 0 unspecified atom stereocenters. The Morgan fingerprint density at radius 2 is 1.79 bits per heavy atom. The van der Waals surface area contributed by atoms with Crippen molar-refractivity contribution in [1.29, 1.82) is 0 Å². The molecule has 4 rings (SSSR count). The summed E-state index contributed by atoms with van der Waals surface area (Å²) in [6.45, 7) is 1.44. The summed E-state index contributed by atoms with van der Waals surface area (Å²) < 4.78 is 6.84. The van der Waals surface area contributed by atoms with Crippen molar-refractivity contribution in [2.24, 2.45) is 0 Å². The molecule has 28 heavy (non-hydrogen) atoms. The van der Waals surface area contributed by atoms with Crippen molar-refractivity contribution in [2.75, 3.05) is 14.1 Å². The number of fused-ring (bicyclic) bond motifs is 1. The lowest BCUT2D eigenvalue weighted by molar-refractivity contribution is -0.872. The van der Waals surface area contributed by atoms with Gasteiger partial charge in [0.15, 0.2) is 16.5 Å². The Morgan fingerprint density at radius 3 is 2.54 bits per heavy atom. The summed E-state index contributed by atoms with van der Waals surface area (Å²) in [6, 6.07) is 19.7. The van der Waals surface area contributed by atoms with Gasteiger partial charge in [-0.1, -0.05) is 36.4 Å². The molecule has 6 heteroatoms. The summed E-state index contributed by atoms with van der Waals surface area (Å²) in [5.74, 6) is 0.679. The highest BCUT2D eigenvalue weighted by Gasteiger charge is 2.14. The van der Waals surface area contributed by atoms with Crippen LogP contribution in [0.1, 0.15) is 21.7 Å². The molecule has 0 saturated carbocycles. The van der Waals surface area contributed by atoms with Gasteiger partial charge in [0, 0.05) is 12.1 Å². The Labute approximate surface area is 167 Å². The first-order valence-corrected chi connectivity index (χ1v) is 10.0. The van der Waals surface area contributed by atoms with Crippen molar-refractivity contribution >= 4 is 27.5 Å². The molecule has 0 aliphatic heterocycles. The molecular weight excluding hydrogens is 370 g/mol. The minimum absolute atomic E-state index is 0.228. The normalized spacial score (nSPS) is 11.2. The minimum Gasteiger partial charge on any atom is -0.448 e. The van der Waals surface area contributed by atoms with Crippen LogP contribution < -0.4 is 10.2 Å². The lowest BCUT2D eigenvalue weighted by Crippen LogP contribution is -3.04. The lowest BCUT2D eigenvalue weighted by Gasteiger charge is -2.08. The van der Waals surface area contributed by atoms with E-state index in [1.165, 1.54) is 10.5 Å². The zero-order chi connectivity index (χ0) is 19.5. The number of carbonyl (C=O) groups is 1. The zero-order valence-corrected chi connectivity index (χ0v) is 16.7. The van der Waals surface area contributed by atoms with Gasteiger partial charge >= 0.3 is 0 Å². The quantitative estimate of drug-likeness (QED) is 0.530. The second-order valence-electron chi connectivity index (χ2n) is 7.03. The van der Waals surface area contributed by atoms with E-state index in [0.29, 0.717) is 18.1 Å². The zero-order valence-electron chi connectivity index (χ0n) is 15.9. The molecule has 0 atom stereocenters. The third-order valence-corrected chi connectivity index (χ3v) is 5.42. The monoisotopic (exact) mass is 392 g/mol. The first-order valence-electron chi connectivity index (χ1n) is 9.19. The van der Waals surface area contributed by atoms with Crippen LogP contribution in [0.2, 0.25) is 0 Å². The molecule has 0 saturated heterocycles. The fraction of sp³-hybridized carbons (Fsp3) is 0.182. The van der Waals surface area contributed by atoms with Gasteiger partial charge in [-0.15, -0.1) is 11.3 Å². The van der Waals surface area contributed by atoms with Crippen LogP contribution in [0, 0.1) is 0 Å².